The zero-order valence-corrected chi connectivity index (χ0v) is 17.7. The van der Waals surface area contributed by atoms with Gasteiger partial charge in [-0.15, -0.1) is 0 Å². The second-order valence-corrected chi connectivity index (χ2v) is 7.73. The van der Waals surface area contributed by atoms with Crippen molar-refractivity contribution in [3.63, 3.8) is 0 Å². The molecule has 1 N–H and O–H groups in total. The molecule has 0 radical (unpaired) electrons. The third kappa shape index (κ3) is 4.62. The van der Waals surface area contributed by atoms with Gasteiger partial charge in [0.15, 0.2) is 0 Å². The number of carbonyl (C=O) groups is 3. The first kappa shape index (κ1) is 20.9. The number of halogens is 2. The van der Waals surface area contributed by atoms with E-state index in [1.807, 2.05) is 6.07 Å². The van der Waals surface area contributed by atoms with E-state index in [2.05, 4.69) is 21.2 Å². The smallest absolute Gasteiger partial charge is 0.249 e. The molecule has 0 saturated carbocycles. The van der Waals surface area contributed by atoms with Crippen LogP contribution in [-0.4, -0.2) is 24.1 Å². The lowest BCUT2D eigenvalue weighted by atomic mass is 10.1. The fourth-order valence-electron chi connectivity index (χ4n) is 3.10. The molecule has 0 saturated heterocycles. The van der Waals surface area contributed by atoms with E-state index in [1.165, 1.54) is 13.0 Å². The number of hydrogen-bond acceptors (Lipinski definition) is 3. The summed E-state index contributed by atoms with van der Waals surface area (Å²) in [5, 5.41) is 2.54. The number of carbonyl (C=O) groups excluding carboxylic acids is 3. The predicted molar refractivity (Wildman–Crippen MR) is 113 cm³/mol. The molecule has 5 nitrogen and oxygen atoms in total. The van der Waals surface area contributed by atoms with Crippen LogP contribution in [-0.2, 0) is 20.9 Å². The largest absolute Gasteiger partial charge is 0.345 e. The number of benzene rings is 2. The summed E-state index contributed by atoms with van der Waals surface area (Å²) in [4.78, 5) is 38.4. The molecule has 2 amide bonds. The lowest BCUT2D eigenvalue weighted by Gasteiger charge is -2.23. The summed E-state index contributed by atoms with van der Waals surface area (Å²) < 4.78 is 14.5. The van der Waals surface area contributed by atoms with Crippen molar-refractivity contribution in [1.82, 2.24) is 5.32 Å². The maximum Gasteiger partial charge on any atom is 0.249 e. The molecule has 2 aromatic carbocycles. The van der Waals surface area contributed by atoms with Crippen molar-refractivity contribution in [1.29, 1.82) is 0 Å². The summed E-state index contributed by atoms with van der Waals surface area (Å²) >= 11 is 3.47. The lowest BCUT2D eigenvalue weighted by Crippen LogP contribution is -2.33. The number of ketones is 1. The summed E-state index contributed by atoms with van der Waals surface area (Å²) in [7, 11) is 0. The quantitative estimate of drug-likeness (QED) is 0.738. The van der Waals surface area contributed by atoms with Crippen LogP contribution in [0, 0.1) is 12.7 Å². The summed E-state index contributed by atoms with van der Waals surface area (Å²) in [5.41, 5.74) is 2.74. The van der Waals surface area contributed by atoms with Gasteiger partial charge < -0.3 is 10.2 Å². The summed E-state index contributed by atoms with van der Waals surface area (Å²) in [6.07, 6.45) is -0.145. The Morgan fingerprint density at radius 3 is 2.62 bits per heavy atom. The van der Waals surface area contributed by atoms with Gasteiger partial charge in [0.25, 0.3) is 0 Å². The van der Waals surface area contributed by atoms with E-state index < -0.39 is 5.91 Å². The van der Waals surface area contributed by atoms with Gasteiger partial charge in [-0.3, -0.25) is 14.4 Å². The molecule has 0 aliphatic carbocycles. The number of Topliss-reactive ketones (excluding diaryl/α,β-unsaturated/α-hetero) is 1. The van der Waals surface area contributed by atoms with Crippen LogP contribution in [0.2, 0.25) is 0 Å². The number of rotatable bonds is 5. The van der Waals surface area contributed by atoms with Gasteiger partial charge in [-0.05, 0) is 53.0 Å². The SMILES string of the molecule is CC(=O)CNC(=O)C1=C(Br)c2ccccc2N(Cc2ccc(C)c(F)c2)C(=O)C1. The van der Waals surface area contributed by atoms with E-state index in [4.69, 9.17) is 0 Å². The number of amides is 2. The number of fused-ring (bicyclic) bond motifs is 1. The second-order valence-electron chi connectivity index (χ2n) is 6.93. The zero-order valence-electron chi connectivity index (χ0n) is 16.1. The van der Waals surface area contributed by atoms with Crippen LogP contribution >= 0.6 is 15.9 Å². The molecule has 0 fully saturated rings. The van der Waals surface area contributed by atoms with Crippen LogP contribution in [0.1, 0.15) is 30.0 Å². The topological polar surface area (TPSA) is 66.5 Å². The number of anilines is 1. The number of nitrogens with one attached hydrogen (secondary N) is 1. The third-order valence-corrected chi connectivity index (χ3v) is 5.58. The van der Waals surface area contributed by atoms with Gasteiger partial charge in [0.2, 0.25) is 11.8 Å². The Bertz CT molecular complexity index is 1030. The highest BCUT2D eigenvalue weighted by Crippen LogP contribution is 2.38. The van der Waals surface area contributed by atoms with Gasteiger partial charge in [0, 0.05) is 15.6 Å². The minimum absolute atomic E-state index is 0.106. The Balaban J connectivity index is 1.98. The Hall–Kier alpha value is -2.80. The van der Waals surface area contributed by atoms with E-state index in [-0.39, 0.29) is 42.6 Å². The molecule has 0 bridgehead atoms. The van der Waals surface area contributed by atoms with E-state index >= 15 is 0 Å². The molecule has 29 heavy (non-hydrogen) atoms. The van der Waals surface area contributed by atoms with Gasteiger partial charge in [0.05, 0.1) is 25.2 Å². The standard InChI is InChI=1S/C22H20BrFN2O3/c1-13-7-8-15(9-18(13)24)12-26-19-6-4-3-5-16(19)21(23)17(10-20(26)28)22(29)25-11-14(2)27/h3-9H,10-12H2,1-2H3,(H,25,29). The summed E-state index contributed by atoms with van der Waals surface area (Å²) in [5.74, 6) is -1.28. The first-order chi connectivity index (χ1) is 13.8. The molecular formula is C22H20BrFN2O3. The Labute approximate surface area is 176 Å². The van der Waals surface area contributed by atoms with Gasteiger partial charge in [-0.1, -0.05) is 30.3 Å². The van der Waals surface area contributed by atoms with E-state index in [0.717, 1.165) is 0 Å². The average molecular weight is 459 g/mol. The molecule has 0 unspecified atom stereocenters. The Kier molecular flexibility index (Phi) is 6.27. The summed E-state index contributed by atoms with van der Waals surface area (Å²) in [6.45, 7) is 3.12. The highest BCUT2D eigenvalue weighted by Gasteiger charge is 2.29. The molecular weight excluding hydrogens is 439 g/mol. The van der Waals surface area contributed by atoms with Gasteiger partial charge in [0.1, 0.15) is 11.6 Å². The van der Waals surface area contributed by atoms with Crippen molar-refractivity contribution >= 4 is 43.7 Å². The number of nitrogens with zero attached hydrogens (tertiary/aromatic N) is 1. The highest BCUT2D eigenvalue weighted by atomic mass is 79.9. The Morgan fingerprint density at radius 2 is 1.93 bits per heavy atom. The Morgan fingerprint density at radius 1 is 1.21 bits per heavy atom. The lowest BCUT2D eigenvalue weighted by molar-refractivity contribution is -0.123. The molecule has 2 aromatic rings. The van der Waals surface area contributed by atoms with Gasteiger partial charge in [-0.25, -0.2) is 4.39 Å². The molecule has 0 atom stereocenters. The van der Waals surface area contributed by atoms with Gasteiger partial charge in [-0.2, -0.15) is 0 Å². The highest BCUT2D eigenvalue weighted by molar-refractivity contribution is 9.15. The van der Waals surface area contributed by atoms with Crippen molar-refractivity contribution in [2.45, 2.75) is 26.8 Å². The number of aryl methyl sites for hydroxylation is 1. The number of para-hydroxylation sites is 1. The van der Waals surface area contributed by atoms with E-state index in [1.54, 1.807) is 42.2 Å². The number of hydrogen-bond donors (Lipinski definition) is 1. The van der Waals surface area contributed by atoms with Crippen molar-refractivity contribution < 1.29 is 18.8 Å². The third-order valence-electron chi connectivity index (χ3n) is 4.67. The molecule has 7 heteroatoms. The van der Waals surface area contributed by atoms with Crippen LogP contribution in [0.5, 0.6) is 0 Å². The molecule has 1 aliphatic rings. The van der Waals surface area contributed by atoms with Crippen LogP contribution in [0.4, 0.5) is 10.1 Å². The minimum atomic E-state index is -0.474. The molecule has 1 aliphatic heterocycles. The molecule has 0 spiro atoms. The monoisotopic (exact) mass is 458 g/mol. The van der Waals surface area contributed by atoms with Crippen LogP contribution < -0.4 is 10.2 Å². The fourth-order valence-corrected chi connectivity index (χ4v) is 3.75. The van der Waals surface area contributed by atoms with Crippen molar-refractivity contribution in [3.05, 3.63) is 70.5 Å². The van der Waals surface area contributed by atoms with Crippen molar-refractivity contribution in [2.24, 2.45) is 0 Å². The first-order valence-electron chi connectivity index (χ1n) is 9.09. The zero-order chi connectivity index (χ0) is 21.1. The van der Waals surface area contributed by atoms with Gasteiger partial charge >= 0.3 is 0 Å². The molecule has 150 valence electrons. The van der Waals surface area contributed by atoms with Crippen LogP contribution in [0.3, 0.4) is 0 Å². The normalized spacial score (nSPS) is 13.8. The average Bonchev–Trinajstić information content (AvgIpc) is 2.79. The van der Waals surface area contributed by atoms with E-state index in [0.29, 0.717) is 26.9 Å². The molecule has 1 heterocycles. The maximum absolute atomic E-state index is 14.0. The predicted octanol–water partition coefficient (Wildman–Crippen LogP) is 3.88. The van der Waals surface area contributed by atoms with Crippen LogP contribution in [0.15, 0.2) is 48.0 Å². The summed E-state index contributed by atoms with van der Waals surface area (Å²) in [6, 6.07) is 12.1. The minimum Gasteiger partial charge on any atom is -0.345 e. The van der Waals surface area contributed by atoms with Crippen molar-refractivity contribution in [2.75, 3.05) is 11.4 Å². The van der Waals surface area contributed by atoms with Crippen LogP contribution in [0.25, 0.3) is 4.48 Å². The van der Waals surface area contributed by atoms with Crippen molar-refractivity contribution in [3.8, 4) is 0 Å². The second kappa shape index (κ2) is 8.69. The first-order valence-corrected chi connectivity index (χ1v) is 9.88. The fraction of sp³-hybridized carbons (Fsp3) is 0.227. The molecule has 0 aromatic heterocycles. The molecule has 3 rings (SSSR count). The van der Waals surface area contributed by atoms with E-state index in [9.17, 15) is 18.8 Å². The maximum atomic E-state index is 14.0.